The molecule has 0 bridgehead atoms. The van der Waals surface area contributed by atoms with Gasteiger partial charge in [-0.25, -0.2) is 9.59 Å². The van der Waals surface area contributed by atoms with Crippen LogP contribution >= 0.6 is 23.5 Å². The van der Waals surface area contributed by atoms with Crippen LogP contribution in [0.3, 0.4) is 0 Å². The molecule has 0 aromatic carbocycles. The summed E-state index contributed by atoms with van der Waals surface area (Å²) in [5.74, 6) is 2.37. The second-order valence-electron chi connectivity index (χ2n) is 4.46. The Hall–Kier alpha value is -0.560. The van der Waals surface area contributed by atoms with Gasteiger partial charge in [-0.1, -0.05) is 19.8 Å². The Bertz CT molecular complexity index is 297. The van der Waals surface area contributed by atoms with Crippen molar-refractivity contribution in [1.82, 2.24) is 10.6 Å². The van der Waals surface area contributed by atoms with Crippen molar-refractivity contribution in [3.8, 4) is 0 Å². The molecule has 1 aliphatic heterocycles. The minimum Gasteiger partial charge on any atom is -0.480 e. The predicted octanol–water partition coefficient (Wildman–Crippen LogP) is 1.78. The molecule has 1 fully saturated rings. The summed E-state index contributed by atoms with van der Waals surface area (Å²) in [6, 6.07) is -1.16. The molecule has 0 radical (unpaired) electrons. The second-order valence-corrected chi connectivity index (χ2v) is 7.01. The second kappa shape index (κ2) is 9.36. The lowest BCUT2D eigenvalue weighted by atomic mass is 10.1. The molecule has 2 atom stereocenters. The number of hydrogen-bond donors (Lipinski definition) is 3. The van der Waals surface area contributed by atoms with Gasteiger partial charge in [0.25, 0.3) is 0 Å². The Morgan fingerprint density at radius 2 is 2.21 bits per heavy atom. The molecule has 5 nitrogen and oxygen atoms in total. The van der Waals surface area contributed by atoms with E-state index in [4.69, 9.17) is 5.11 Å². The lowest BCUT2D eigenvalue weighted by Crippen LogP contribution is -2.47. The SMILES string of the molecule is CCCCC(NC(=O)NCC1CSCCS1)C(=O)O. The third kappa shape index (κ3) is 6.96. The first-order valence-corrected chi connectivity index (χ1v) is 8.80. The lowest BCUT2D eigenvalue weighted by molar-refractivity contribution is -0.139. The van der Waals surface area contributed by atoms with Crippen molar-refractivity contribution in [3.63, 3.8) is 0 Å². The number of carboxylic acid groups (broad SMARTS) is 1. The molecule has 0 aromatic heterocycles. The van der Waals surface area contributed by atoms with Gasteiger partial charge in [0, 0.05) is 29.1 Å². The van der Waals surface area contributed by atoms with Crippen molar-refractivity contribution in [1.29, 1.82) is 0 Å². The number of carbonyl (C=O) groups is 2. The van der Waals surface area contributed by atoms with E-state index in [2.05, 4.69) is 10.6 Å². The third-order valence-corrected chi connectivity index (χ3v) is 5.67. The van der Waals surface area contributed by atoms with Crippen molar-refractivity contribution in [2.75, 3.05) is 23.8 Å². The first-order chi connectivity index (χ1) is 9.13. The van der Waals surface area contributed by atoms with Gasteiger partial charge in [0.1, 0.15) is 6.04 Å². The Morgan fingerprint density at radius 3 is 2.79 bits per heavy atom. The van der Waals surface area contributed by atoms with Crippen molar-refractivity contribution < 1.29 is 14.7 Å². The predicted molar refractivity (Wildman–Crippen MR) is 81.1 cm³/mol. The fourth-order valence-corrected chi connectivity index (χ4v) is 4.35. The Balaban J connectivity index is 2.25. The van der Waals surface area contributed by atoms with Gasteiger partial charge in [-0.2, -0.15) is 23.5 Å². The molecule has 110 valence electrons. The summed E-state index contributed by atoms with van der Waals surface area (Å²) in [6.45, 7) is 2.60. The molecular weight excluding hydrogens is 284 g/mol. The zero-order valence-electron chi connectivity index (χ0n) is 11.2. The maximum Gasteiger partial charge on any atom is 0.326 e. The molecule has 1 rings (SSSR count). The van der Waals surface area contributed by atoms with Crippen molar-refractivity contribution in [3.05, 3.63) is 0 Å². The number of rotatable bonds is 7. The van der Waals surface area contributed by atoms with Crippen LogP contribution in [0.2, 0.25) is 0 Å². The van der Waals surface area contributed by atoms with Gasteiger partial charge in [-0.15, -0.1) is 0 Å². The Labute approximate surface area is 122 Å². The van der Waals surface area contributed by atoms with Crippen LogP contribution in [0.5, 0.6) is 0 Å². The summed E-state index contributed by atoms with van der Waals surface area (Å²) in [5.41, 5.74) is 0. The van der Waals surface area contributed by atoms with Crippen molar-refractivity contribution in [2.45, 2.75) is 37.5 Å². The average Bonchev–Trinajstić information content (AvgIpc) is 2.42. The summed E-state index contributed by atoms with van der Waals surface area (Å²) in [4.78, 5) is 22.7. The van der Waals surface area contributed by atoms with Crippen LogP contribution in [0.1, 0.15) is 26.2 Å². The van der Waals surface area contributed by atoms with Crippen molar-refractivity contribution >= 4 is 35.5 Å². The van der Waals surface area contributed by atoms with Crippen LogP contribution < -0.4 is 10.6 Å². The minimum atomic E-state index is -0.966. The van der Waals surface area contributed by atoms with Crippen LogP contribution in [0.4, 0.5) is 4.79 Å². The number of urea groups is 1. The maximum absolute atomic E-state index is 11.7. The highest BCUT2D eigenvalue weighted by atomic mass is 32.2. The first kappa shape index (κ1) is 16.5. The van der Waals surface area contributed by atoms with Crippen LogP contribution in [-0.2, 0) is 4.79 Å². The fraction of sp³-hybridized carbons (Fsp3) is 0.833. The number of unbranched alkanes of at least 4 members (excludes halogenated alkanes) is 1. The van der Waals surface area contributed by atoms with Gasteiger partial charge in [-0.05, 0) is 6.42 Å². The van der Waals surface area contributed by atoms with Crippen LogP contribution in [0, 0.1) is 0 Å². The van der Waals surface area contributed by atoms with Crippen LogP contribution in [-0.4, -0.2) is 52.2 Å². The highest BCUT2D eigenvalue weighted by Gasteiger charge is 2.20. The zero-order valence-corrected chi connectivity index (χ0v) is 12.8. The molecule has 19 heavy (non-hydrogen) atoms. The van der Waals surface area contributed by atoms with E-state index in [0.29, 0.717) is 18.2 Å². The van der Waals surface area contributed by atoms with Crippen LogP contribution in [0.25, 0.3) is 0 Å². The number of thioether (sulfide) groups is 2. The molecule has 1 saturated heterocycles. The zero-order chi connectivity index (χ0) is 14.1. The number of aliphatic carboxylic acids is 1. The maximum atomic E-state index is 11.7. The topological polar surface area (TPSA) is 78.4 Å². The summed E-state index contributed by atoms with van der Waals surface area (Å²) in [5, 5.41) is 14.7. The van der Waals surface area contributed by atoms with Gasteiger partial charge >= 0.3 is 12.0 Å². The van der Waals surface area contributed by atoms with Gasteiger partial charge < -0.3 is 15.7 Å². The Morgan fingerprint density at radius 1 is 1.42 bits per heavy atom. The first-order valence-electron chi connectivity index (χ1n) is 6.60. The summed E-state index contributed by atoms with van der Waals surface area (Å²) < 4.78 is 0. The van der Waals surface area contributed by atoms with E-state index in [1.807, 2.05) is 30.4 Å². The molecule has 0 aromatic rings. The number of nitrogens with one attached hydrogen (secondary N) is 2. The standard InChI is InChI=1S/C12H22N2O3S2/c1-2-3-4-10(11(15)16)14-12(17)13-7-9-8-18-5-6-19-9/h9-10H,2-8H2,1H3,(H,15,16)(H2,13,14,17). The third-order valence-electron chi connectivity index (χ3n) is 2.83. The molecule has 7 heteroatoms. The highest BCUT2D eigenvalue weighted by Crippen LogP contribution is 2.23. The van der Waals surface area contributed by atoms with E-state index in [-0.39, 0.29) is 6.03 Å². The van der Waals surface area contributed by atoms with E-state index >= 15 is 0 Å². The Kier molecular flexibility index (Phi) is 8.13. The molecular formula is C12H22N2O3S2. The van der Waals surface area contributed by atoms with Gasteiger partial charge in [0.05, 0.1) is 0 Å². The molecule has 1 heterocycles. The van der Waals surface area contributed by atoms with E-state index in [0.717, 1.165) is 24.3 Å². The molecule has 2 unspecified atom stereocenters. The van der Waals surface area contributed by atoms with E-state index in [1.165, 1.54) is 5.75 Å². The summed E-state index contributed by atoms with van der Waals surface area (Å²) >= 11 is 3.76. The number of carbonyl (C=O) groups excluding carboxylic acids is 1. The van der Waals surface area contributed by atoms with E-state index in [1.54, 1.807) is 0 Å². The molecule has 1 aliphatic rings. The molecule has 0 saturated carbocycles. The lowest BCUT2D eigenvalue weighted by Gasteiger charge is -2.22. The van der Waals surface area contributed by atoms with E-state index in [9.17, 15) is 9.59 Å². The summed E-state index contributed by atoms with van der Waals surface area (Å²) in [6.07, 6.45) is 2.20. The fourth-order valence-electron chi connectivity index (χ4n) is 1.74. The van der Waals surface area contributed by atoms with E-state index < -0.39 is 12.0 Å². The molecule has 3 N–H and O–H groups in total. The average molecular weight is 306 g/mol. The molecule has 0 spiro atoms. The van der Waals surface area contributed by atoms with Gasteiger partial charge in [0.2, 0.25) is 0 Å². The largest absolute Gasteiger partial charge is 0.480 e. The highest BCUT2D eigenvalue weighted by molar-refractivity contribution is 8.06. The minimum absolute atomic E-state index is 0.375. The number of carboxylic acids is 1. The quantitative estimate of drug-likeness (QED) is 0.668. The van der Waals surface area contributed by atoms with Crippen molar-refractivity contribution in [2.24, 2.45) is 0 Å². The smallest absolute Gasteiger partial charge is 0.326 e. The van der Waals surface area contributed by atoms with Crippen LogP contribution in [0.15, 0.2) is 0 Å². The van der Waals surface area contributed by atoms with Gasteiger partial charge in [0.15, 0.2) is 0 Å². The molecule has 0 aliphatic carbocycles. The molecule has 2 amide bonds. The number of hydrogen-bond acceptors (Lipinski definition) is 4. The normalized spacial score (nSPS) is 20.6. The monoisotopic (exact) mass is 306 g/mol. The summed E-state index contributed by atoms with van der Waals surface area (Å²) in [7, 11) is 0. The van der Waals surface area contributed by atoms with Gasteiger partial charge in [-0.3, -0.25) is 0 Å². The number of amides is 2.